The number of aromatic nitrogens is 2. The highest BCUT2D eigenvalue weighted by Gasteiger charge is 2.30. The van der Waals surface area contributed by atoms with E-state index < -0.39 is 0 Å². The van der Waals surface area contributed by atoms with Gasteiger partial charge in [0.15, 0.2) is 5.78 Å². The molecule has 0 saturated carbocycles. The summed E-state index contributed by atoms with van der Waals surface area (Å²) < 4.78 is 5.23. The number of rotatable bonds is 6. The molecule has 4 rings (SSSR count). The Morgan fingerprint density at radius 3 is 2.53 bits per heavy atom. The van der Waals surface area contributed by atoms with Crippen LogP contribution in [0.2, 0.25) is 0 Å². The van der Waals surface area contributed by atoms with Crippen molar-refractivity contribution in [2.75, 3.05) is 56.7 Å². The minimum absolute atomic E-state index is 0.0964. The van der Waals surface area contributed by atoms with Crippen molar-refractivity contribution >= 4 is 23.2 Å². The van der Waals surface area contributed by atoms with Crippen LogP contribution >= 0.6 is 0 Å². The number of Topliss-reactive ketones (excluding diaryl/α,β-unsaturated/α-hetero) is 1. The molecule has 8 heteroatoms. The van der Waals surface area contributed by atoms with Crippen molar-refractivity contribution in [1.29, 1.82) is 0 Å². The second-order valence-electron chi connectivity index (χ2n) is 8.04. The molecular weight excluding hydrogens is 382 g/mol. The second-order valence-corrected chi connectivity index (χ2v) is 8.04. The van der Waals surface area contributed by atoms with Crippen LogP contribution in [0.15, 0.2) is 24.3 Å². The van der Waals surface area contributed by atoms with Gasteiger partial charge in [-0.25, -0.2) is 4.98 Å². The van der Waals surface area contributed by atoms with Crippen LogP contribution in [0.5, 0.6) is 5.75 Å². The second kappa shape index (κ2) is 8.97. The first-order valence-electron chi connectivity index (χ1n) is 10.5. The average molecular weight is 412 g/mol. The molecule has 1 atom stereocenters. The molecule has 1 aliphatic carbocycles. The molecule has 1 saturated heterocycles. The van der Waals surface area contributed by atoms with Crippen molar-refractivity contribution in [3.63, 3.8) is 0 Å². The SMILES string of the molecule is COc1ccc(Nc2nc(N3CCN(CCO)CC3)nc3c2C(=O)CC(C)C3)cc1. The van der Waals surface area contributed by atoms with Crippen LogP contribution in [0, 0.1) is 5.92 Å². The van der Waals surface area contributed by atoms with Gasteiger partial charge < -0.3 is 20.1 Å². The first-order valence-corrected chi connectivity index (χ1v) is 10.5. The third-order valence-electron chi connectivity index (χ3n) is 5.75. The van der Waals surface area contributed by atoms with E-state index in [0.29, 0.717) is 30.3 Å². The molecular formula is C22H29N5O3. The summed E-state index contributed by atoms with van der Waals surface area (Å²) in [5.74, 6) is 2.39. The molecule has 0 radical (unpaired) electrons. The maximum absolute atomic E-state index is 12.8. The van der Waals surface area contributed by atoms with E-state index >= 15 is 0 Å². The van der Waals surface area contributed by atoms with Gasteiger partial charge in [-0.2, -0.15) is 4.98 Å². The lowest BCUT2D eigenvalue weighted by Crippen LogP contribution is -2.48. The Hall–Kier alpha value is -2.71. The molecule has 1 aromatic heterocycles. The van der Waals surface area contributed by atoms with Crippen molar-refractivity contribution in [3.8, 4) is 5.75 Å². The molecule has 2 N–H and O–H groups in total. The van der Waals surface area contributed by atoms with Crippen molar-refractivity contribution in [2.45, 2.75) is 19.8 Å². The van der Waals surface area contributed by atoms with E-state index in [9.17, 15) is 4.79 Å². The number of nitrogens with zero attached hydrogens (tertiary/aromatic N) is 4. The number of nitrogens with one attached hydrogen (secondary N) is 1. The molecule has 160 valence electrons. The van der Waals surface area contributed by atoms with Gasteiger partial charge in [-0.3, -0.25) is 9.69 Å². The summed E-state index contributed by atoms with van der Waals surface area (Å²) in [4.78, 5) is 26.8. The molecule has 2 aliphatic rings. The predicted octanol–water partition coefficient (Wildman–Crippen LogP) is 2.11. The Bertz CT molecular complexity index is 894. The van der Waals surface area contributed by atoms with Gasteiger partial charge in [-0.1, -0.05) is 6.92 Å². The molecule has 1 fully saturated rings. The summed E-state index contributed by atoms with van der Waals surface area (Å²) in [5, 5.41) is 12.5. The summed E-state index contributed by atoms with van der Waals surface area (Å²) in [5.41, 5.74) is 2.30. The highest BCUT2D eigenvalue weighted by molar-refractivity contribution is 6.03. The zero-order valence-corrected chi connectivity index (χ0v) is 17.6. The van der Waals surface area contributed by atoms with Gasteiger partial charge in [0, 0.05) is 44.8 Å². The zero-order chi connectivity index (χ0) is 21.1. The van der Waals surface area contributed by atoms with Crippen molar-refractivity contribution in [2.24, 2.45) is 5.92 Å². The molecule has 1 aromatic carbocycles. The van der Waals surface area contributed by atoms with Crippen LogP contribution in [-0.4, -0.2) is 72.2 Å². The first kappa shape index (κ1) is 20.6. The van der Waals surface area contributed by atoms with E-state index in [2.05, 4.69) is 22.0 Å². The molecule has 1 aliphatic heterocycles. The number of ketones is 1. The summed E-state index contributed by atoms with van der Waals surface area (Å²) >= 11 is 0. The van der Waals surface area contributed by atoms with Crippen LogP contribution in [0.25, 0.3) is 0 Å². The van der Waals surface area contributed by atoms with Gasteiger partial charge in [-0.15, -0.1) is 0 Å². The lowest BCUT2D eigenvalue weighted by atomic mass is 9.87. The molecule has 0 bridgehead atoms. The summed E-state index contributed by atoms with van der Waals surface area (Å²) in [7, 11) is 1.63. The monoisotopic (exact) mass is 411 g/mol. The van der Waals surface area contributed by atoms with Crippen LogP contribution in [0.1, 0.15) is 29.4 Å². The van der Waals surface area contributed by atoms with Gasteiger partial charge in [0.25, 0.3) is 0 Å². The number of ether oxygens (including phenoxy) is 1. The number of benzene rings is 1. The largest absolute Gasteiger partial charge is 0.497 e. The van der Waals surface area contributed by atoms with E-state index in [1.165, 1.54) is 0 Å². The number of fused-ring (bicyclic) bond motifs is 1. The molecule has 0 spiro atoms. The first-order chi connectivity index (χ1) is 14.6. The van der Waals surface area contributed by atoms with Gasteiger partial charge >= 0.3 is 0 Å². The van der Waals surface area contributed by atoms with E-state index in [1.807, 2.05) is 24.3 Å². The van der Waals surface area contributed by atoms with E-state index in [-0.39, 0.29) is 18.3 Å². The fourth-order valence-corrected chi connectivity index (χ4v) is 4.11. The lowest BCUT2D eigenvalue weighted by molar-refractivity contribution is 0.0952. The zero-order valence-electron chi connectivity index (χ0n) is 17.6. The van der Waals surface area contributed by atoms with Gasteiger partial charge in [-0.05, 0) is 36.6 Å². The lowest BCUT2D eigenvalue weighted by Gasteiger charge is -2.35. The fourth-order valence-electron chi connectivity index (χ4n) is 4.11. The third kappa shape index (κ3) is 4.39. The number of carbonyl (C=O) groups is 1. The van der Waals surface area contributed by atoms with Crippen molar-refractivity contribution in [1.82, 2.24) is 14.9 Å². The molecule has 2 aromatic rings. The standard InChI is InChI=1S/C22H29N5O3/c1-15-13-18-20(19(29)14-15)21(23-16-3-5-17(30-2)6-4-16)25-22(24-18)27-9-7-26(8-10-27)11-12-28/h3-6,15,28H,7-14H2,1-2H3,(H,23,24,25). The van der Waals surface area contributed by atoms with Crippen LogP contribution in [0.4, 0.5) is 17.5 Å². The summed E-state index contributed by atoms with van der Waals surface area (Å²) in [6.45, 7) is 6.26. The number of hydrogen-bond acceptors (Lipinski definition) is 8. The molecule has 0 amide bonds. The number of anilines is 3. The Morgan fingerprint density at radius 1 is 1.13 bits per heavy atom. The van der Waals surface area contributed by atoms with E-state index in [0.717, 1.165) is 49.7 Å². The Morgan fingerprint density at radius 2 is 1.87 bits per heavy atom. The van der Waals surface area contributed by atoms with Crippen LogP contribution in [-0.2, 0) is 6.42 Å². The number of β-amino-alcohol motifs (C(OH)–C–C–N with tert-alkyl or cyclic N) is 1. The van der Waals surface area contributed by atoms with E-state index in [1.54, 1.807) is 7.11 Å². The quantitative estimate of drug-likeness (QED) is 0.747. The van der Waals surface area contributed by atoms with Gasteiger partial charge in [0.2, 0.25) is 5.95 Å². The summed E-state index contributed by atoms with van der Waals surface area (Å²) in [6, 6.07) is 7.58. The predicted molar refractivity (Wildman–Crippen MR) is 116 cm³/mol. The van der Waals surface area contributed by atoms with Crippen LogP contribution in [0.3, 0.4) is 0 Å². The number of hydrogen-bond donors (Lipinski definition) is 2. The minimum Gasteiger partial charge on any atom is -0.497 e. The Labute approximate surface area is 176 Å². The average Bonchev–Trinajstić information content (AvgIpc) is 2.74. The summed E-state index contributed by atoms with van der Waals surface area (Å²) in [6.07, 6.45) is 1.30. The Balaban J connectivity index is 1.64. The van der Waals surface area contributed by atoms with Crippen LogP contribution < -0.4 is 15.0 Å². The molecule has 8 nitrogen and oxygen atoms in total. The minimum atomic E-state index is 0.0964. The molecule has 30 heavy (non-hydrogen) atoms. The fraction of sp³-hybridized carbons (Fsp3) is 0.500. The van der Waals surface area contributed by atoms with Gasteiger partial charge in [0.05, 0.1) is 25.0 Å². The number of carbonyl (C=O) groups excluding carboxylic acids is 1. The Kier molecular flexibility index (Phi) is 6.15. The smallest absolute Gasteiger partial charge is 0.227 e. The molecule has 2 heterocycles. The normalized spacial score (nSPS) is 19.5. The van der Waals surface area contributed by atoms with Crippen molar-refractivity contribution < 1.29 is 14.6 Å². The number of piperazine rings is 1. The topological polar surface area (TPSA) is 90.8 Å². The number of methoxy groups -OCH3 is 1. The maximum atomic E-state index is 12.8. The molecule has 1 unspecified atom stereocenters. The van der Waals surface area contributed by atoms with Gasteiger partial charge in [0.1, 0.15) is 11.6 Å². The number of aliphatic hydroxyl groups is 1. The van der Waals surface area contributed by atoms with E-state index in [4.69, 9.17) is 19.8 Å². The highest BCUT2D eigenvalue weighted by atomic mass is 16.5. The number of aliphatic hydroxyl groups excluding tert-OH is 1. The third-order valence-corrected chi connectivity index (χ3v) is 5.75. The highest BCUT2D eigenvalue weighted by Crippen LogP contribution is 2.32. The maximum Gasteiger partial charge on any atom is 0.227 e. The van der Waals surface area contributed by atoms with Crippen molar-refractivity contribution in [3.05, 3.63) is 35.5 Å².